The van der Waals surface area contributed by atoms with Crippen LogP contribution in [0.2, 0.25) is 0 Å². The minimum absolute atomic E-state index is 0.0220. The second kappa shape index (κ2) is 8.45. The van der Waals surface area contributed by atoms with Gasteiger partial charge in [0.25, 0.3) is 0 Å². The average molecular weight is 440 g/mol. The molecule has 0 aliphatic rings. The van der Waals surface area contributed by atoms with Gasteiger partial charge in [-0.3, -0.25) is 4.79 Å². The zero-order valence-electron chi connectivity index (χ0n) is 14.4. The van der Waals surface area contributed by atoms with E-state index in [9.17, 15) is 35.2 Å². The van der Waals surface area contributed by atoms with Crippen molar-refractivity contribution in [2.75, 3.05) is 25.2 Å². The lowest BCUT2D eigenvalue weighted by atomic mass is 10.3. The van der Waals surface area contributed by atoms with E-state index in [0.717, 1.165) is 4.31 Å². The minimum Gasteiger partial charge on any atom is -0.325 e. The molecule has 0 spiro atoms. The highest BCUT2D eigenvalue weighted by molar-refractivity contribution is 8.00. The highest BCUT2D eigenvalue weighted by Crippen LogP contribution is 2.31. The smallest absolute Gasteiger partial charge is 0.242 e. The molecule has 2 aromatic carbocycles. The third kappa shape index (κ3) is 4.45. The Morgan fingerprint density at radius 1 is 0.929 bits per heavy atom. The average Bonchev–Trinajstić information content (AvgIpc) is 2.65. The summed E-state index contributed by atoms with van der Waals surface area (Å²) >= 11 is 0.138. The largest absolute Gasteiger partial charge is 0.325 e. The second-order valence-electron chi connectivity index (χ2n) is 5.55. The van der Waals surface area contributed by atoms with Gasteiger partial charge in [0.2, 0.25) is 21.7 Å². The summed E-state index contributed by atoms with van der Waals surface area (Å²) < 4.78 is 91.3. The van der Waals surface area contributed by atoms with Crippen LogP contribution in [0, 0.1) is 29.1 Å². The van der Waals surface area contributed by atoms with E-state index in [-0.39, 0.29) is 22.3 Å². The monoisotopic (exact) mass is 440 g/mol. The van der Waals surface area contributed by atoms with Crippen molar-refractivity contribution in [3.63, 3.8) is 0 Å². The maximum Gasteiger partial charge on any atom is 0.242 e. The Balaban J connectivity index is 2.08. The van der Waals surface area contributed by atoms with Gasteiger partial charge in [-0.05, 0) is 24.3 Å². The topological polar surface area (TPSA) is 66.5 Å². The first-order chi connectivity index (χ1) is 13.0. The van der Waals surface area contributed by atoms with Crippen LogP contribution in [0.3, 0.4) is 0 Å². The molecule has 0 atom stereocenters. The molecule has 0 saturated carbocycles. The number of amides is 1. The predicted octanol–water partition coefficient (Wildman–Crippen LogP) is 3.36. The molecule has 152 valence electrons. The van der Waals surface area contributed by atoms with Crippen molar-refractivity contribution in [2.45, 2.75) is 9.79 Å². The van der Waals surface area contributed by atoms with Gasteiger partial charge in [-0.25, -0.2) is 34.7 Å². The summed E-state index contributed by atoms with van der Waals surface area (Å²) in [7, 11) is -0.960. The van der Waals surface area contributed by atoms with Crippen LogP contribution < -0.4 is 5.32 Å². The standard InChI is InChI=1S/C16H13F5N2O3S2/c1-23(2)28(25,26)9-5-3-8(4-6-9)22-10(24)7-27-16-14(20)12(18)11(17)13(19)15(16)21/h3-6H,7H2,1-2H3,(H,22,24). The van der Waals surface area contributed by atoms with Gasteiger partial charge in [0, 0.05) is 19.8 Å². The zero-order valence-corrected chi connectivity index (χ0v) is 16.0. The molecule has 0 aromatic heterocycles. The second-order valence-corrected chi connectivity index (χ2v) is 8.69. The van der Waals surface area contributed by atoms with Gasteiger partial charge in [0.1, 0.15) is 0 Å². The summed E-state index contributed by atoms with van der Waals surface area (Å²) in [6.07, 6.45) is 0. The van der Waals surface area contributed by atoms with E-state index in [2.05, 4.69) is 5.32 Å². The molecular formula is C16H13F5N2O3S2. The van der Waals surface area contributed by atoms with Gasteiger partial charge in [-0.15, -0.1) is 11.8 Å². The number of hydrogen-bond acceptors (Lipinski definition) is 4. The number of hydrogen-bond donors (Lipinski definition) is 1. The molecule has 12 heteroatoms. The lowest BCUT2D eigenvalue weighted by Gasteiger charge is -2.12. The fraction of sp³-hybridized carbons (Fsp3) is 0.188. The summed E-state index contributed by atoms with van der Waals surface area (Å²) in [6.45, 7) is 0. The molecule has 0 saturated heterocycles. The summed E-state index contributed by atoms with van der Waals surface area (Å²) in [4.78, 5) is 10.7. The molecule has 1 N–H and O–H groups in total. The van der Waals surface area contributed by atoms with Gasteiger partial charge in [0.05, 0.1) is 15.5 Å². The van der Waals surface area contributed by atoms with Crippen LogP contribution in [0.1, 0.15) is 0 Å². The van der Waals surface area contributed by atoms with Crippen LogP contribution in [-0.4, -0.2) is 38.5 Å². The molecule has 1 amide bonds. The number of anilines is 1. The fourth-order valence-corrected chi connectivity index (χ4v) is 3.65. The van der Waals surface area contributed by atoms with Crippen molar-refractivity contribution in [2.24, 2.45) is 0 Å². The van der Waals surface area contributed by atoms with Crippen LogP contribution in [0.5, 0.6) is 0 Å². The number of rotatable bonds is 6. The van der Waals surface area contributed by atoms with Gasteiger partial charge in [-0.1, -0.05) is 0 Å². The lowest BCUT2D eigenvalue weighted by Crippen LogP contribution is -2.22. The molecular weight excluding hydrogens is 427 g/mol. The normalized spacial score (nSPS) is 11.7. The van der Waals surface area contributed by atoms with Crippen molar-refractivity contribution in [1.29, 1.82) is 0 Å². The van der Waals surface area contributed by atoms with Crippen molar-refractivity contribution in [1.82, 2.24) is 4.31 Å². The zero-order chi connectivity index (χ0) is 21.2. The van der Waals surface area contributed by atoms with E-state index in [1.54, 1.807) is 0 Å². The van der Waals surface area contributed by atoms with Gasteiger partial charge in [-0.2, -0.15) is 0 Å². The molecule has 28 heavy (non-hydrogen) atoms. The number of carbonyl (C=O) groups excluding carboxylic acids is 1. The number of halogens is 5. The maximum atomic E-state index is 13.6. The number of nitrogens with zero attached hydrogens (tertiary/aromatic N) is 1. The van der Waals surface area contributed by atoms with Crippen molar-refractivity contribution >= 4 is 33.4 Å². The van der Waals surface area contributed by atoms with Crippen LogP contribution in [0.25, 0.3) is 0 Å². The molecule has 0 fully saturated rings. The van der Waals surface area contributed by atoms with Gasteiger partial charge >= 0.3 is 0 Å². The third-order valence-corrected chi connectivity index (χ3v) is 6.32. The Morgan fingerprint density at radius 2 is 1.39 bits per heavy atom. The number of benzene rings is 2. The third-order valence-electron chi connectivity index (χ3n) is 3.43. The molecule has 2 rings (SSSR count). The first-order valence-electron chi connectivity index (χ1n) is 7.43. The number of carbonyl (C=O) groups is 1. The van der Waals surface area contributed by atoms with Crippen molar-refractivity contribution in [3.05, 3.63) is 53.4 Å². The predicted molar refractivity (Wildman–Crippen MR) is 92.9 cm³/mol. The SMILES string of the molecule is CN(C)S(=O)(=O)c1ccc(NC(=O)CSc2c(F)c(F)c(F)c(F)c2F)cc1. The maximum absolute atomic E-state index is 13.6. The molecule has 0 aliphatic carbocycles. The lowest BCUT2D eigenvalue weighted by molar-refractivity contribution is -0.113. The Labute approximate surface area is 161 Å². The molecule has 0 heterocycles. The first-order valence-corrected chi connectivity index (χ1v) is 9.86. The highest BCUT2D eigenvalue weighted by Gasteiger charge is 2.26. The van der Waals surface area contributed by atoms with E-state index in [0.29, 0.717) is 0 Å². The number of nitrogens with one attached hydrogen (secondary N) is 1. The van der Waals surface area contributed by atoms with E-state index < -0.39 is 55.7 Å². The Bertz CT molecular complexity index is 983. The van der Waals surface area contributed by atoms with E-state index >= 15 is 0 Å². The summed E-state index contributed by atoms with van der Waals surface area (Å²) in [6, 6.07) is 5.05. The molecule has 0 aliphatic heterocycles. The van der Waals surface area contributed by atoms with E-state index in [1.165, 1.54) is 38.4 Å². The Morgan fingerprint density at radius 3 is 1.86 bits per heavy atom. The van der Waals surface area contributed by atoms with Crippen LogP contribution in [0.15, 0.2) is 34.1 Å². The van der Waals surface area contributed by atoms with Crippen LogP contribution in [-0.2, 0) is 14.8 Å². The molecule has 0 radical (unpaired) electrons. The van der Waals surface area contributed by atoms with Gasteiger partial charge in [0.15, 0.2) is 23.3 Å². The van der Waals surface area contributed by atoms with E-state index in [4.69, 9.17) is 0 Å². The molecule has 5 nitrogen and oxygen atoms in total. The number of thioether (sulfide) groups is 1. The van der Waals surface area contributed by atoms with Crippen LogP contribution in [0.4, 0.5) is 27.6 Å². The Kier molecular flexibility index (Phi) is 6.67. The highest BCUT2D eigenvalue weighted by atomic mass is 32.2. The first kappa shape index (κ1) is 22.1. The van der Waals surface area contributed by atoms with E-state index in [1.807, 2.05) is 0 Å². The quantitative estimate of drug-likeness (QED) is 0.324. The summed E-state index contributed by atoms with van der Waals surface area (Å²) in [5, 5.41) is 2.32. The summed E-state index contributed by atoms with van der Waals surface area (Å²) in [5.74, 6) is -12.0. The van der Waals surface area contributed by atoms with Crippen LogP contribution >= 0.6 is 11.8 Å². The number of sulfonamides is 1. The molecule has 0 unspecified atom stereocenters. The van der Waals surface area contributed by atoms with Gasteiger partial charge < -0.3 is 5.32 Å². The molecule has 2 aromatic rings. The van der Waals surface area contributed by atoms with Crippen molar-refractivity contribution < 1.29 is 35.2 Å². The van der Waals surface area contributed by atoms with Crippen molar-refractivity contribution in [3.8, 4) is 0 Å². The minimum atomic E-state index is -3.66. The fourth-order valence-electron chi connectivity index (χ4n) is 1.97. The summed E-state index contributed by atoms with van der Waals surface area (Å²) in [5.41, 5.74) is 0.181. The Hall–Kier alpha value is -2.18. The molecule has 0 bridgehead atoms.